The van der Waals surface area contributed by atoms with Crippen LogP contribution in [-0.2, 0) is 31.3 Å². The van der Waals surface area contributed by atoms with Gasteiger partial charge in [-0.1, -0.05) is 73.2 Å². The molecule has 42 heavy (non-hydrogen) atoms. The Morgan fingerprint density at radius 2 is 1.48 bits per heavy atom. The number of sulfonamides is 2. The number of fused-ring (bicyclic) bond motifs is 1. The van der Waals surface area contributed by atoms with Gasteiger partial charge in [-0.05, 0) is 65.9 Å². The van der Waals surface area contributed by atoms with Gasteiger partial charge in [0, 0.05) is 18.7 Å². The number of anilines is 1. The van der Waals surface area contributed by atoms with Crippen LogP contribution in [0.3, 0.4) is 0 Å². The molecule has 5 rings (SSSR count). The Morgan fingerprint density at radius 1 is 0.738 bits per heavy atom. The zero-order valence-electron chi connectivity index (χ0n) is 22.9. The fourth-order valence-corrected chi connectivity index (χ4v) is 7.13. The van der Waals surface area contributed by atoms with Crippen LogP contribution in [0.1, 0.15) is 31.2 Å². The van der Waals surface area contributed by atoms with Gasteiger partial charge in [-0.2, -0.15) is 4.72 Å². The SMILES string of the molecule is O=C(Nc1cccc(S(=O)(=O)NC2=NCCCCC2)c1)C(Cc1ccccc1)NS(=O)(=O)c1ccc2ccccc2c1. The molecule has 0 fully saturated rings. The molecule has 218 valence electrons. The van der Waals surface area contributed by atoms with Gasteiger partial charge in [0.1, 0.15) is 11.9 Å². The van der Waals surface area contributed by atoms with E-state index in [2.05, 4.69) is 19.8 Å². The number of amides is 1. The lowest BCUT2D eigenvalue weighted by atomic mass is 10.1. The first kappa shape index (κ1) is 29.4. The quantitative estimate of drug-likeness (QED) is 0.256. The summed E-state index contributed by atoms with van der Waals surface area (Å²) in [6.45, 7) is 0.575. The summed E-state index contributed by atoms with van der Waals surface area (Å²) in [4.78, 5) is 17.9. The van der Waals surface area contributed by atoms with E-state index in [1.807, 2.05) is 42.5 Å². The zero-order valence-corrected chi connectivity index (χ0v) is 24.5. The van der Waals surface area contributed by atoms with Gasteiger partial charge >= 0.3 is 0 Å². The molecule has 0 bridgehead atoms. The second kappa shape index (κ2) is 12.8. The molecule has 0 aliphatic carbocycles. The lowest BCUT2D eigenvalue weighted by Crippen LogP contribution is -2.45. The number of carbonyl (C=O) groups excluding carboxylic acids is 1. The summed E-state index contributed by atoms with van der Waals surface area (Å²) < 4.78 is 58.1. The molecule has 9 nitrogen and oxygen atoms in total. The normalized spacial score (nSPS) is 14.9. The highest BCUT2D eigenvalue weighted by molar-refractivity contribution is 7.90. The molecular weight excluding hydrogens is 572 g/mol. The average molecular weight is 605 g/mol. The second-order valence-corrected chi connectivity index (χ2v) is 13.5. The molecule has 1 aliphatic heterocycles. The molecule has 3 N–H and O–H groups in total. The van der Waals surface area contributed by atoms with E-state index in [0.29, 0.717) is 18.8 Å². The monoisotopic (exact) mass is 604 g/mol. The van der Waals surface area contributed by atoms with Crippen LogP contribution in [0.25, 0.3) is 10.8 Å². The number of hydrogen-bond donors (Lipinski definition) is 3. The van der Waals surface area contributed by atoms with Gasteiger partial charge in [-0.25, -0.2) is 16.8 Å². The molecule has 1 unspecified atom stereocenters. The van der Waals surface area contributed by atoms with Crippen LogP contribution in [0.2, 0.25) is 0 Å². The fraction of sp³-hybridized carbons (Fsp3) is 0.226. The number of benzene rings is 4. The molecule has 0 saturated heterocycles. The summed E-state index contributed by atoms with van der Waals surface area (Å²) in [5.74, 6) is -0.202. The van der Waals surface area contributed by atoms with Gasteiger partial charge in [0.2, 0.25) is 15.9 Å². The Balaban J connectivity index is 1.38. The Kier molecular flexibility index (Phi) is 9.00. The molecule has 0 radical (unpaired) electrons. The molecule has 4 aromatic rings. The lowest BCUT2D eigenvalue weighted by molar-refractivity contribution is -0.117. The van der Waals surface area contributed by atoms with Crippen LogP contribution in [-0.4, -0.2) is 41.2 Å². The standard InChI is InChI=1S/C31H32N4O5S2/c36-31(33-26-14-9-15-27(22-26)42(39,40)35-30-16-5-2-8-19-32-30)29(20-23-10-3-1-4-11-23)34-41(37,38)28-18-17-24-12-6-7-13-25(24)21-28/h1,3-4,6-7,9-15,17-18,21-22,29,34H,2,5,8,16,19-20H2,(H,32,35)(H,33,36). The van der Waals surface area contributed by atoms with Crippen molar-refractivity contribution in [3.05, 3.63) is 103 Å². The third-order valence-electron chi connectivity index (χ3n) is 6.97. The molecule has 1 aliphatic rings. The fourth-order valence-electron chi connectivity index (χ4n) is 4.77. The molecule has 0 spiro atoms. The average Bonchev–Trinajstić information content (AvgIpc) is 3.25. The van der Waals surface area contributed by atoms with Gasteiger partial charge in [0.15, 0.2) is 0 Å². The van der Waals surface area contributed by atoms with E-state index >= 15 is 0 Å². The maximum Gasteiger partial charge on any atom is 0.262 e. The van der Waals surface area contributed by atoms with E-state index in [0.717, 1.165) is 35.6 Å². The van der Waals surface area contributed by atoms with Gasteiger partial charge in [-0.15, -0.1) is 0 Å². The van der Waals surface area contributed by atoms with Crippen LogP contribution in [0.15, 0.2) is 112 Å². The maximum atomic E-state index is 13.5. The highest BCUT2D eigenvalue weighted by Crippen LogP contribution is 2.21. The van der Waals surface area contributed by atoms with Crippen molar-refractivity contribution < 1.29 is 21.6 Å². The van der Waals surface area contributed by atoms with Crippen molar-refractivity contribution in [1.29, 1.82) is 0 Å². The third kappa shape index (κ3) is 7.41. The van der Waals surface area contributed by atoms with Crippen LogP contribution in [0.4, 0.5) is 5.69 Å². The van der Waals surface area contributed by atoms with E-state index in [4.69, 9.17) is 0 Å². The lowest BCUT2D eigenvalue weighted by Gasteiger charge is -2.19. The van der Waals surface area contributed by atoms with E-state index in [9.17, 15) is 21.6 Å². The van der Waals surface area contributed by atoms with E-state index in [-0.39, 0.29) is 21.9 Å². The van der Waals surface area contributed by atoms with Crippen molar-refractivity contribution in [3.8, 4) is 0 Å². The van der Waals surface area contributed by atoms with Crippen molar-refractivity contribution >= 4 is 48.2 Å². The summed E-state index contributed by atoms with van der Waals surface area (Å²) >= 11 is 0. The van der Waals surface area contributed by atoms with Crippen molar-refractivity contribution in [2.75, 3.05) is 11.9 Å². The maximum absolute atomic E-state index is 13.5. The van der Waals surface area contributed by atoms with Crippen LogP contribution in [0.5, 0.6) is 0 Å². The van der Waals surface area contributed by atoms with E-state index < -0.39 is 32.0 Å². The Bertz CT molecular complexity index is 1820. The Labute approximate surface area is 246 Å². The van der Waals surface area contributed by atoms with E-state index in [1.54, 1.807) is 30.3 Å². The molecule has 4 aromatic carbocycles. The number of carbonyl (C=O) groups is 1. The highest BCUT2D eigenvalue weighted by atomic mass is 32.2. The predicted octanol–water partition coefficient (Wildman–Crippen LogP) is 4.62. The minimum atomic E-state index is -4.09. The molecular formula is C31H32N4O5S2. The Hall–Kier alpha value is -4.06. The minimum Gasteiger partial charge on any atom is -0.325 e. The number of rotatable bonds is 9. The predicted molar refractivity (Wildman–Crippen MR) is 164 cm³/mol. The number of nitrogens with one attached hydrogen (secondary N) is 3. The summed E-state index contributed by atoms with van der Waals surface area (Å²) in [5.41, 5.74) is 0.970. The van der Waals surface area contributed by atoms with Crippen LogP contribution in [0, 0.1) is 0 Å². The van der Waals surface area contributed by atoms with Crippen molar-refractivity contribution in [2.45, 2.75) is 47.9 Å². The summed E-state index contributed by atoms with van der Waals surface area (Å²) in [6.07, 6.45) is 3.40. The first-order chi connectivity index (χ1) is 20.2. The molecule has 1 amide bonds. The number of amidine groups is 1. The third-order valence-corrected chi connectivity index (χ3v) is 9.81. The van der Waals surface area contributed by atoms with Gasteiger partial charge in [0.25, 0.3) is 10.0 Å². The van der Waals surface area contributed by atoms with Crippen LogP contribution >= 0.6 is 0 Å². The molecule has 0 aromatic heterocycles. The molecule has 1 heterocycles. The number of hydrogen-bond acceptors (Lipinski definition) is 6. The van der Waals surface area contributed by atoms with Crippen molar-refractivity contribution in [3.63, 3.8) is 0 Å². The van der Waals surface area contributed by atoms with Gasteiger partial charge in [0.05, 0.1) is 9.79 Å². The molecule has 0 saturated carbocycles. The van der Waals surface area contributed by atoms with Gasteiger partial charge in [-0.3, -0.25) is 14.5 Å². The van der Waals surface area contributed by atoms with Crippen molar-refractivity contribution in [1.82, 2.24) is 9.44 Å². The largest absolute Gasteiger partial charge is 0.325 e. The number of nitrogens with zero attached hydrogens (tertiary/aromatic N) is 1. The topological polar surface area (TPSA) is 134 Å². The zero-order chi connectivity index (χ0) is 29.6. The van der Waals surface area contributed by atoms with E-state index in [1.165, 1.54) is 24.3 Å². The van der Waals surface area contributed by atoms with Crippen LogP contribution < -0.4 is 14.8 Å². The minimum absolute atomic E-state index is 0.0349. The van der Waals surface area contributed by atoms with Crippen molar-refractivity contribution in [2.24, 2.45) is 4.99 Å². The summed E-state index contributed by atoms with van der Waals surface area (Å²) in [5, 5.41) is 4.35. The first-order valence-corrected chi connectivity index (χ1v) is 16.7. The summed E-state index contributed by atoms with van der Waals surface area (Å²) in [6, 6.07) is 25.9. The van der Waals surface area contributed by atoms with Gasteiger partial charge < -0.3 is 5.32 Å². The first-order valence-electron chi connectivity index (χ1n) is 13.7. The highest BCUT2D eigenvalue weighted by Gasteiger charge is 2.27. The summed E-state index contributed by atoms with van der Waals surface area (Å²) in [7, 11) is -8.02. The number of aliphatic imine (C=N–C) groups is 1. The Morgan fingerprint density at radius 3 is 2.29 bits per heavy atom. The molecule has 11 heteroatoms. The second-order valence-electron chi connectivity index (χ2n) is 10.1. The smallest absolute Gasteiger partial charge is 0.262 e. The molecule has 1 atom stereocenters.